The molecule has 0 saturated heterocycles. The van der Waals surface area contributed by atoms with Crippen LogP contribution in [0.15, 0.2) is 14.3 Å². The van der Waals surface area contributed by atoms with E-state index >= 15 is 0 Å². The van der Waals surface area contributed by atoms with Gasteiger partial charge in [-0.2, -0.15) is 0 Å². The van der Waals surface area contributed by atoms with E-state index in [-0.39, 0.29) is 11.9 Å². The Morgan fingerprint density at radius 2 is 2.00 bits per heavy atom. The highest BCUT2D eigenvalue weighted by Gasteiger charge is 2.20. The van der Waals surface area contributed by atoms with Crippen molar-refractivity contribution in [2.75, 3.05) is 14.2 Å². The van der Waals surface area contributed by atoms with Gasteiger partial charge in [-0.1, -0.05) is 0 Å². The van der Waals surface area contributed by atoms with Crippen molar-refractivity contribution in [2.24, 2.45) is 0 Å². The van der Waals surface area contributed by atoms with E-state index in [4.69, 9.17) is 9.47 Å². The molecule has 4 nitrogen and oxygen atoms in total. The molecule has 7 heteroatoms. The first kappa shape index (κ1) is 15.1. The fourth-order valence-corrected chi connectivity index (χ4v) is 3.25. The van der Waals surface area contributed by atoms with Crippen molar-refractivity contribution in [1.29, 1.82) is 0 Å². The SMILES string of the molecule is COC(OC)C(C)NC(=O)c1cc(Br)c(Br)s1. The summed E-state index contributed by atoms with van der Waals surface area (Å²) in [6.45, 7) is 1.83. The predicted molar refractivity (Wildman–Crippen MR) is 74.5 cm³/mol. The molecule has 1 N–H and O–H groups in total. The second-order valence-corrected chi connectivity index (χ2v) is 6.56. The number of rotatable bonds is 5. The lowest BCUT2D eigenvalue weighted by atomic mass is 10.3. The summed E-state index contributed by atoms with van der Waals surface area (Å²) >= 11 is 8.06. The number of thiophene rings is 1. The average molecular weight is 387 g/mol. The molecule has 1 atom stereocenters. The van der Waals surface area contributed by atoms with Crippen LogP contribution in [-0.2, 0) is 9.47 Å². The van der Waals surface area contributed by atoms with Crippen LogP contribution in [0.3, 0.4) is 0 Å². The lowest BCUT2D eigenvalue weighted by Gasteiger charge is -2.21. The molecule has 96 valence electrons. The van der Waals surface area contributed by atoms with Gasteiger partial charge in [-0.3, -0.25) is 4.79 Å². The van der Waals surface area contributed by atoms with Gasteiger partial charge in [0.05, 0.1) is 14.7 Å². The summed E-state index contributed by atoms with van der Waals surface area (Å²) in [5.74, 6) is -0.145. The van der Waals surface area contributed by atoms with Crippen molar-refractivity contribution in [3.8, 4) is 0 Å². The van der Waals surface area contributed by atoms with Crippen LogP contribution in [0.1, 0.15) is 16.6 Å². The topological polar surface area (TPSA) is 47.6 Å². The van der Waals surface area contributed by atoms with Gasteiger partial charge >= 0.3 is 0 Å². The van der Waals surface area contributed by atoms with Gasteiger partial charge in [0.25, 0.3) is 5.91 Å². The molecule has 1 heterocycles. The molecule has 1 amide bonds. The molecule has 1 aromatic rings. The number of amides is 1. The molecule has 0 aromatic carbocycles. The minimum absolute atomic E-state index is 0.145. The molecule has 0 aliphatic rings. The van der Waals surface area contributed by atoms with Gasteiger partial charge in [0.1, 0.15) is 0 Å². The quantitative estimate of drug-likeness (QED) is 0.791. The highest BCUT2D eigenvalue weighted by Crippen LogP contribution is 2.32. The van der Waals surface area contributed by atoms with Crippen LogP contribution in [0.5, 0.6) is 0 Å². The molecule has 0 fully saturated rings. The third kappa shape index (κ3) is 4.03. The maximum atomic E-state index is 11.9. The van der Waals surface area contributed by atoms with Crippen molar-refractivity contribution in [2.45, 2.75) is 19.3 Å². The molecule has 1 aromatic heterocycles. The van der Waals surface area contributed by atoms with Crippen molar-refractivity contribution in [1.82, 2.24) is 5.32 Å². The average Bonchev–Trinajstić information content (AvgIpc) is 2.61. The molecule has 0 bridgehead atoms. The largest absolute Gasteiger partial charge is 0.354 e. The number of nitrogens with one attached hydrogen (secondary N) is 1. The third-order valence-electron chi connectivity index (χ3n) is 2.10. The molecule has 0 aliphatic carbocycles. The van der Waals surface area contributed by atoms with Crippen molar-refractivity contribution in [3.05, 3.63) is 19.2 Å². The molecule has 0 radical (unpaired) electrons. The highest BCUT2D eigenvalue weighted by molar-refractivity contribution is 9.13. The Morgan fingerprint density at radius 3 is 2.41 bits per heavy atom. The Kier molecular flexibility index (Phi) is 6.08. The Bertz CT molecular complexity index is 373. The summed E-state index contributed by atoms with van der Waals surface area (Å²) in [6, 6.07) is 1.54. The normalized spacial score (nSPS) is 12.8. The Balaban J connectivity index is 2.66. The summed E-state index contributed by atoms with van der Waals surface area (Å²) in [6.07, 6.45) is -0.453. The van der Waals surface area contributed by atoms with Crippen LogP contribution in [0.2, 0.25) is 0 Å². The molecular weight excluding hydrogens is 374 g/mol. The number of carbonyl (C=O) groups excluding carboxylic acids is 1. The molecular formula is C10H13Br2NO3S. The van der Waals surface area contributed by atoms with Crippen LogP contribution in [0.4, 0.5) is 0 Å². The Hall–Kier alpha value is 0.0500. The number of methoxy groups -OCH3 is 2. The van der Waals surface area contributed by atoms with Gasteiger partial charge in [0, 0.05) is 18.7 Å². The van der Waals surface area contributed by atoms with Crippen molar-refractivity contribution >= 4 is 49.1 Å². The predicted octanol–water partition coefficient (Wildman–Crippen LogP) is 3.01. The second kappa shape index (κ2) is 6.84. The maximum Gasteiger partial charge on any atom is 0.261 e. The first-order valence-corrected chi connectivity index (χ1v) is 7.21. The van der Waals surface area contributed by atoms with E-state index in [1.807, 2.05) is 6.92 Å². The van der Waals surface area contributed by atoms with E-state index < -0.39 is 6.29 Å². The molecule has 1 unspecified atom stereocenters. The van der Waals surface area contributed by atoms with E-state index in [0.29, 0.717) is 4.88 Å². The first-order valence-electron chi connectivity index (χ1n) is 4.80. The van der Waals surface area contributed by atoms with E-state index in [1.165, 1.54) is 25.6 Å². The molecule has 0 spiro atoms. The zero-order chi connectivity index (χ0) is 13.0. The van der Waals surface area contributed by atoms with Gasteiger partial charge in [-0.15, -0.1) is 11.3 Å². The van der Waals surface area contributed by atoms with Gasteiger partial charge < -0.3 is 14.8 Å². The number of hydrogen-bond donors (Lipinski definition) is 1. The van der Waals surface area contributed by atoms with Crippen LogP contribution in [-0.4, -0.2) is 32.5 Å². The number of hydrogen-bond acceptors (Lipinski definition) is 4. The van der Waals surface area contributed by atoms with Crippen molar-refractivity contribution < 1.29 is 14.3 Å². The van der Waals surface area contributed by atoms with Crippen LogP contribution in [0.25, 0.3) is 0 Å². The summed E-state index contributed by atoms with van der Waals surface area (Å²) in [7, 11) is 3.07. The lowest BCUT2D eigenvalue weighted by molar-refractivity contribution is -0.117. The molecule has 17 heavy (non-hydrogen) atoms. The number of ether oxygens (including phenoxy) is 2. The monoisotopic (exact) mass is 385 g/mol. The van der Waals surface area contributed by atoms with Gasteiger partial charge in [0.2, 0.25) is 0 Å². The number of carbonyl (C=O) groups is 1. The van der Waals surface area contributed by atoms with E-state index in [2.05, 4.69) is 37.2 Å². The zero-order valence-electron chi connectivity index (χ0n) is 9.62. The molecule has 0 saturated carbocycles. The zero-order valence-corrected chi connectivity index (χ0v) is 13.6. The summed E-state index contributed by atoms with van der Waals surface area (Å²) in [4.78, 5) is 12.5. The van der Waals surface area contributed by atoms with E-state index in [1.54, 1.807) is 6.07 Å². The minimum Gasteiger partial charge on any atom is -0.354 e. The van der Waals surface area contributed by atoms with E-state index in [9.17, 15) is 4.79 Å². The minimum atomic E-state index is -0.453. The standard InChI is InChI=1S/C10H13Br2NO3S/c1-5(10(15-2)16-3)13-9(14)7-4-6(11)8(12)17-7/h4-5,10H,1-3H3,(H,13,14). The first-order chi connectivity index (χ1) is 7.99. The lowest BCUT2D eigenvalue weighted by Crippen LogP contribution is -2.42. The van der Waals surface area contributed by atoms with Crippen LogP contribution in [0, 0.1) is 0 Å². The fourth-order valence-electron chi connectivity index (χ4n) is 1.31. The fraction of sp³-hybridized carbons (Fsp3) is 0.500. The van der Waals surface area contributed by atoms with Gasteiger partial charge in [-0.25, -0.2) is 0 Å². The summed E-state index contributed by atoms with van der Waals surface area (Å²) in [5.41, 5.74) is 0. The van der Waals surface area contributed by atoms with Crippen LogP contribution >= 0.6 is 43.2 Å². The second-order valence-electron chi connectivity index (χ2n) is 3.33. The van der Waals surface area contributed by atoms with Crippen molar-refractivity contribution in [3.63, 3.8) is 0 Å². The molecule has 1 rings (SSSR count). The smallest absolute Gasteiger partial charge is 0.261 e. The van der Waals surface area contributed by atoms with E-state index in [0.717, 1.165) is 8.26 Å². The third-order valence-corrected chi connectivity index (χ3v) is 5.36. The molecule has 0 aliphatic heterocycles. The van der Waals surface area contributed by atoms with Gasteiger partial charge in [0.15, 0.2) is 6.29 Å². The highest BCUT2D eigenvalue weighted by atomic mass is 79.9. The summed E-state index contributed by atoms with van der Waals surface area (Å²) in [5, 5.41) is 2.82. The van der Waals surface area contributed by atoms with Crippen LogP contribution < -0.4 is 5.32 Å². The Morgan fingerprint density at radius 1 is 1.41 bits per heavy atom. The maximum absolute atomic E-state index is 11.9. The number of halogens is 2. The Labute approximate surface area is 121 Å². The van der Waals surface area contributed by atoms with Gasteiger partial charge in [-0.05, 0) is 44.8 Å². The summed E-state index contributed by atoms with van der Waals surface area (Å²) < 4.78 is 11.9.